The third kappa shape index (κ3) is 0.976. The van der Waals surface area contributed by atoms with Crippen LogP contribution in [0.2, 0.25) is 0 Å². The van der Waals surface area contributed by atoms with Crippen molar-refractivity contribution in [3.63, 3.8) is 0 Å². The normalized spacial score (nSPS) is 40.5. The van der Waals surface area contributed by atoms with Gasteiger partial charge in [0.1, 0.15) is 0 Å². The largest absolute Gasteiger partial charge is 0.285 e. The highest BCUT2D eigenvalue weighted by Gasteiger charge is 2.42. The molecular formula is C10H12O. The quantitative estimate of drug-likeness (QED) is 0.408. The molecule has 0 aliphatic heterocycles. The van der Waals surface area contributed by atoms with Crippen LogP contribution in [0.15, 0.2) is 0 Å². The molecule has 1 nitrogen and oxygen atoms in total. The number of fused-ring (bicyclic) bond motifs is 2. The van der Waals surface area contributed by atoms with Crippen molar-refractivity contribution in [3.8, 4) is 12.3 Å². The first-order valence-electron chi connectivity index (χ1n) is 4.31. The molecule has 0 N–H and O–H groups in total. The zero-order chi connectivity index (χ0) is 7.84. The number of terminal acetylenes is 1. The second-order valence-corrected chi connectivity index (χ2v) is 3.79. The Labute approximate surface area is 67.2 Å². The average Bonchev–Trinajstić information content (AvgIpc) is 2.62. The van der Waals surface area contributed by atoms with E-state index in [-0.39, 0.29) is 11.7 Å². The van der Waals surface area contributed by atoms with Crippen molar-refractivity contribution in [2.75, 3.05) is 0 Å². The predicted molar refractivity (Wildman–Crippen MR) is 42.8 cm³/mol. The number of hydrogen-bond donors (Lipinski definition) is 0. The van der Waals surface area contributed by atoms with Gasteiger partial charge in [-0.3, -0.25) is 4.79 Å². The summed E-state index contributed by atoms with van der Waals surface area (Å²) >= 11 is 0. The van der Waals surface area contributed by atoms with E-state index in [2.05, 4.69) is 5.92 Å². The molecule has 3 atom stereocenters. The first-order valence-corrected chi connectivity index (χ1v) is 4.31. The Hall–Kier alpha value is -0.770. The van der Waals surface area contributed by atoms with E-state index in [4.69, 9.17) is 6.42 Å². The number of Topliss-reactive ketones (excluding diaryl/α,β-unsaturated/α-hetero) is 1. The summed E-state index contributed by atoms with van der Waals surface area (Å²) in [4.78, 5) is 11.2. The van der Waals surface area contributed by atoms with Crippen LogP contribution < -0.4 is 0 Å². The minimum absolute atomic E-state index is 0.0530. The lowest BCUT2D eigenvalue weighted by molar-refractivity contribution is -0.118. The number of ketones is 1. The summed E-state index contributed by atoms with van der Waals surface area (Å²) in [6, 6.07) is 0. The van der Waals surface area contributed by atoms with E-state index in [9.17, 15) is 4.79 Å². The van der Waals surface area contributed by atoms with Crippen molar-refractivity contribution in [2.24, 2.45) is 17.8 Å². The standard InChI is InChI=1S/C10H12O/c1-2-10(11)9-6-7-3-4-8(9)5-7/h1,7-9H,3-6H2. The van der Waals surface area contributed by atoms with Gasteiger partial charge in [0.2, 0.25) is 5.78 Å². The molecule has 0 radical (unpaired) electrons. The third-order valence-corrected chi connectivity index (χ3v) is 3.22. The third-order valence-electron chi connectivity index (χ3n) is 3.22. The molecule has 2 saturated carbocycles. The fraction of sp³-hybridized carbons (Fsp3) is 0.700. The molecule has 2 bridgehead atoms. The highest BCUT2D eigenvalue weighted by atomic mass is 16.1. The predicted octanol–water partition coefficient (Wildman–Crippen LogP) is 1.62. The van der Waals surface area contributed by atoms with Gasteiger partial charge < -0.3 is 0 Å². The Kier molecular flexibility index (Phi) is 1.49. The summed E-state index contributed by atoms with van der Waals surface area (Å²) in [7, 11) is 0. The molecular weight excluding hydrogens is 136 g/mol. The van der Waals surface area contributed by atoms with Gasteiger partial charge in [0, 0.05) is 5.92 Å². The maximum absolute atomic E-state index is 11.2. The molecule has 11 heavy (non-hydrogen) atoms. The van der Waals surface area contributed by atoms with E-state index in [1.807, 2.05) is 0 Å². The van der Waals surface area contributed by atoms with Gasteiger partial charge >= 0.3 is 0 Å². The molecule has 2 rings (SSSR count). The van der Waals surface area contributed by atoms with Crippen LogP contribution in [0.4, 0.5) is 0 Å². The summed E-state index contributed by atoms with van der Waals surface area (Å²) in [5.41, 5.74) is 0. The molecule has 2 aliphatic rings. The van der Waals surface area contributed by atoms with Crippen LogP contribution in [-0.2, 0) is 4.79 Å². The van der Waals surface area contributed by atoms with E-state index in [0.717, 1.165) is 12.3 Å². The summed E-state index contributed by atoms with van der Waals surface area (Å²) in [6.45, 7) is 0. The van der Waals surface area contributed by atoms with Gasteiger partial charge in [-0.2, -0.15) is 0 Å². The van der Waals surface area contributed by atoms with E-state index < -0.39 is 0 Å². The topological polar surface area (TPSA) is 17.1 Å². The first-order chi connectivity index (χ1) is 5.31. The molecule has 0 amide bonds. The summed E-state index contributed by atoms with van der Waals surface area (Å²) in [5.74, 6) is 4.00. The lowest BCUT2D eigenvalue weighted by Crippen LogP contribution is -2.18. The van der Waals surface area contributed by atoms with Crippen molar-refractivity contribution in [1.29, 1.82) is 0 Å². The number of carbonyl (C=O) groups excluding carboxylic acids is 1. The van der Waals surface area contributed by atoms with Gasteiger partial charge in [-0.1, -0.05) is 6.42 Å². The number of hydrogen-bond acceptors (Lipinski definition) is 1. The summed E-state index contributed by atoms with van der Waals surface area (Å²) in [5, 5.41) is 0. The second kappa shape index (κ2) is 2.37. The highest BCUT2D eigenvalue weighted by Crippen LogP contribution is 2.48. The molecule has 0 aromatic rings. The number of rotatable bonds is 1. The van der Waals surface area contributed by atoms with Gasteiger partial charge in [-0.05, 0) is 37.0 Å². The van der Waals surface area contributed by atoms with Gasteiger partial charge in [-0.25, -0.2) is 0 Å². The van der Waals surface area contributed by atoms with Crippen molar-refractivity contribution >= 4 is 5.78 Å². The van der Waals surface area contributed by atoms with E-state index in [1.54, 1.807) is 0 Å². The smallest absolute Gasteiger partial charge is 0.208 e. The minimum atomic E-state index is 0.0530. The van der Waals surface area contributed by atoms with Crippen LogP contribution in [0.1, 0.15) is 25.7 Å². The fourth-order valence-electron chi connectivity index (χ4n) is 2.67. The lowest BCUT2D eigenvalue weighted by atomic mass is 9.86. The SMILES string of the molecule is C#CC(=O)C1CC2CCC1C2. The maximum atomic E-state index is 11.2. The van der Waals surface area contributed by atoms with Crippen molar-refractivity contribution < 1.29 is 4.79 Å². The molecule has 1 heteroatoms. The van der Waals surface area contributed by atoms with Crippen molar-refractivity contribution in [2.45, 2.75) is 25.7 Å². The zero-order valence-corrected chi connectivity index (χ0v) is 6.55. The molecule has 3 unspecified atom stereocenters. The van der Waals surface area contributed by atoms with Crippen LogP contribution in [0, 0.1) is 30.1 Å². The van der Waals surface area contributed by atoms with Gasteiger partial charge in [0.15, 0.2) is 0 Å². The van der Waals surface area contributed by atoms with Crippen LogP contribution in [0.25, 0.3) is 0 Å². The monoisotopic (exact) mass is 148 g/mol. The first kappa shape index (κ1) is 6.91. The molecule has 0 saturated heterocycles. The maximum Gasteiger partial charge on any atom is 0.208 e. The molecule has 2 aliphatic carbocycles. The van der Waals surface area contributed by atoms with Gasteiger partial charge in [0.25, 0.3) is 0 Å². The average molecular weight is 148 g/mol. The van der Waals surface area contributed by atoms with Crippen molar-refractivity contribution in [1.82, 2.24) is 0 Å². The Morgan fingerprint density at radius 1 is 1.36 bits per heavy atom. The van der Waals surface area contributed by atoms with Crippen LogP contribution >= 0.6 is 0 Å². The molecule has 0 aromatic carbocycles. The summed E-state index contributed by atoms with van der Waals surface area (Å²) in [6.07, 6.45) is 9.99. The second-order valence-electron chi connectivity index (χ2n) is 3.79. The Bertz CT molecular complexity index is 224. The van der Waals surface area contributed by atoms with E-state index in [1.165, 1.54) is 19.3 Å². The highest BCUT2D eigenvalue weighted by molar-refractivity contribution is 5.97. The molecule has 0 spiro atoms. The van der Waals surface area contributed by atoms with Gasteiger partial charge in [0.05, 0.1) is 0 Å². The van der Waals surface area contributed by atoms with E-state index >= 15 is 0 Å². The van der Waals surface area contributed by atoms with E-state index in [0.29, 0.717) is 5.92 Å². The lowest BCUT2D eigenvalue weighted by Gasteiger charge is -2.17. The Morgan fingerprint density at radius 3 is 2.64 bits per heavy atom. The van der Waals surface area contributed by atoms with Gasteiger partial charge in [-0.15, -0.1) is 6.42 Å². The Morgan fingerprint density at radius 2 is 2.18 bits per heavy atom. The summed E-state index contributed by atoms with van der Waals surface area (Å²) < 4.78 is 0. The van der Waals surface area contributed by atoms with Crippen LogP contribution in [0.5, 0.6) is 0 Å². The zero-order valence-electron chi connectivity index (χ0n) is 6.55. The molecule has 0 heterocycles. The molecule has 58 valence electrons. The fourth-order valence-corrected chi connectivity index (χ4v) is 2.67. The van der Waals surface area contributed by atoms with Crippen LogP contribution in [-0.4, -0.2) is 5.78 Å². The molecule has 2 fully saturated rings. The van der Waals surface area contributed by atoms with Crippen LogP contribution in [0.3, 0.4) is 0 Å². The molecule has 0 aromatic heterocycles. The minimum Gasteiger partial charge on any atom is -0.285 e. The number of carbonyl (C=O) groups is 1. The Balaban J connectivity index is 2.09. The van der Waals surface area contributed by atoms with Crippen molar-refractivity contribution in [3.05, 3.63) is 0 Å².